The monoisotopic (exact) mass is 330 g/mol. The predicted octanol–water partition coefficient (Wildman–Crippen LogP) is 2.46. The quantitative estimate of drug-likeness (QED) is 0.935. The number of fused-ring (bicyclic) bond motifs is 1. The standard InChI is InChI=1S/C17H22N4OS/c22-17-8-12-2-1-3-16(12)20-21(17)14-6-4-13(5-7-14)19-10-15-9-18-11-23-15/h8-9,11,13-14,19H,1-7,10H2. The van der Waals surface area contributed by atoms with Crippen LogP contribution in [0.3, 0.4) is 0 Å². The van der Waals surface area contributed by atoms with Crippen LogP contribution in [0.15, 0.2) is 22.6 Å². The number of rotatable bonds is 4. The lowest BCUT2D eigenvalue weighted by Crippen LogP contribution is -2.36. The van der Waals surface area contributed by atoms with E-state index in [0.29, 0.717) is 6.04 Å². The van der Waals surface area contributed by atoms with E-state index in [-0.39, 0.29) is 11.6 Å². The Kier molecular flexibility index (Phi) is 4.27. The molecule has 2 aliphatic carbocycles. The molecule has 2 heterocycles. The molecular weight excluding hydrogens is 308 g/mol. The Morgan fingerprint density at radius 1 is 1.26 bits per heavy atom. The molecule has 0 saturated heterocycles. The van der Waals surface area contributed by atoms with Crippen LogP contribution < -0.4 is 10.9 Å². The van der Waals surface area contributed by atoms with Crippen molar-refractivity contribution < 1.29 is 0 Å². The highest BCUT2D eigenvalue weighted by Gasteiger charge is 2.25. The fraction of sp³-hybridized carbons (Fsp3) is 0.588. The summed E-state index contributed by atoms with van der Waals surface area (Å²) in [5.41, 5.74) is 4.28. The number of aryl methyl sites for hydroxylation is 2. The van der Waals surface area contributed by atoms with Gasteiger partial charge in [0, 0.05) is 29.7 Å². The van der Waals surface area contributed by atoms with E-state index < -0.39 is 0 Å². The van der Waals surface area contributed by atoms with Gasteiger partial charge in [0.1, 0.15) is 0 Å². The summed E-state index contributed by atoms with van der Waals surface area (Å²) in [5, 5.41) is 8.28. The molecule has 1 N–H and O–H groups in total. The maximum atomic E-state index is 12.3. The molecule has 0 aliphatic heterocycles. The van der Waals surface area contributed by atoms with Gasteiger partial charge in [-0.3, -0.25) is 9.78 Å². The number of hydrogen-bond donors (Lipinski definition) is 1. The molecule has 0 unspecified atom stereocenters. The molecule has 4 rings (SSSR count). The maximum absolute atomic E-state index is 12.3. The molecule has 0 spiro atoms. The van der Waals surface area contributed by atoms with E-state index in [0.717, 1.165) is 57.2 Å². The third kappa shape index (κ3) is 3.23. The number of thiazole rings is 1. The van der Waals surface area contributed by atoms with Gasteiger partial charge in [-0.1, -0.05) is 0 Å². The fourth-order valence-electron chi connectivity index (χ4n) is 3.78. The summed E-state index contributed by atoms with van der Waals surface area (Å²) in [6, 6.07) is 2.64. The molecule has 0 radical (unpaired) electrons. The van der Waals surface area contributed by atoms with E-state index >= 15 is 0 Å². The van der Waals surface area contributed by atoms with Crippen molar-refractivity contribution in [2.75, 3.05) is 0 Å². The van der Waals surface area contributed by atoms with Crippen LogP contribution in [0.2, 0.25) is 0 Å². The molecule has 6 heteroatoms. The summed E-state index contributed by atoms with van der Waals surface area (Å²) in [4.78, 5) is 17.7. The molecule has 5 nitrogen and oxygen atoms in total. The van der Waals surface area contributed by atoms with Crippen molar-refractivity contribution in [3.8, 4) is 0 Å². The lowest BCUT2D eigenvalue weighted by Gasteiger charge is -2.29. The average molecular weight is 330 g/mol. The first-order chi connectivity index (χ1) is 11.3. The minimum Gasteiger partial charge on any atom is -0.309 e. The molecule has 2 aromatic rings. The van der Waals surface area contributed by atoms with Gasteiger partial charge in [-0.05, 0) is 50.5 Å². The van der Waals surface area contributed by atoms with Gasteiger partial charge in [0.15, 0.2) is 0 Å². The van der Waals surface area contributed by atoms with Crippen molar-refractivity contribution in [2.45, 2.75) is 63.6 Å². The zero-order valence-corrected chi connectivity index (χ0v) is 14.0. The molecule has 2 aliphatic rings. The molecule has 0 aromatic carbocycles. The summed E-state index contributed by atoms with van der Waals surface area (Å²) in [5.74, 6) is 0. The zero-order chi connectivity index (χ0) is 15.6. The van der Waals surface area contributed by atoms with Crippen LogP contribution in [0, 0.1) is 0 Å². The molecule has 0 atom stereocenters. The van der Waals surface area contributed by atoms with E-state index in [1.165, 1.54) is 10.4 Å². The molecule has 0 bridgehead atoms. The highest BCUT2D eigenvalue weighted by atomic mass is 32.1. The Balaban J connectivity index is 1.37. The van der Waals surface area contributed by atoms with Crippen molar-refractivity contribution in [2.24, 2.45) is 0 Å². The third-order valence-electron chi connectivity index (χ3n) is 5.07. The average Bonchev–Trinajstić information content (AvgIpc) is 3.24. The topological polar surface area (TPSA) is 59.8 Å². The summed E-state index contributed by atoms with van der Waals surface area (Å²) >= 11 is 1.69. The normalized spacial score (nSPS) is 23.8. The maximum Gasteiger partial charge on any atom is 0.267 e. The second-order valence-corrected chi connectivity index (χ2v) is 7.58. The number of aromatic nitrogens is 3. The molecule has 122 valence electrons. The van der Waals surface area contributed by atoms with Crippen LogP contribution in [-0.4, -0.2) is 20.8 Å². The summed E-state index contributed by atoms with van der Waals surface area (Å²) in [7, 11) is 0. The van der Waals surface area contributed by atoms with Crippen LogP contribution in [0.25, 0.3) is 0 Å². The Labute approximate surface area is 139 Å². The second-order valence-electron chi connectivity index (χ2n) is 6.61. The molecule has 1 fully saturated rings. The van der Waals surface area contributed by atoms with Crippen LogP contribution in [0.5, 0.6) is 0 Å². The zero-order valence-electron chi connectivity index (χ0n) is 13.2. The summed E-state index contributed by atoms with van der Waals surface area (Å²) in [6.45, 7) is 0.900. The van der Waals surface area contributed by atoms with Gasteiger partial charge in [-0.25, -0.2) is 4.68 Å². The Bertz CT molecular complexity index is 717. The van der Waals surface area contributed by atoms with E-state index in [1.807, 2.05) is 17.8 Å². The Hall–Kier alpha value is -1.53. The molecule has 2 aromatic heterocycles. The SMILES string of the molecule is O=c1cc2c(nn1C1CCC(NCc3cncs3)CC1)CCC2. The van der Waals surface area contributed by atoms with E-state index in [9.17, 15) is 4.79 Å². The minimum absolute atomic E-state index is 0.0896. The van der Waals surface area contributed by atoms with Crippen molar-refractivity contribution in [1.29, 1.82) is 0 Å². The van der Waals surface area contributed by atoms with Crippen LogP contribution in [-0.2, 0) is 19.4 Å². The van der Waals surface area contributed by atoms with Crippen LogP contribution in [0.4, 0.5) is 0 Å². The number of nitrogens with one attached hydrogen (secondary N) is 1. The van der Waals surface area contributed by atoms with Gasteiger partial charge < -0.3 is 5.32 Å². The smallest absolute Gasteiger partial charge is 0.267 e. The second kappa shape index (κ2) is 6.53. The lowest BCUT2D eigenvalue weighted by atomic mass is 9.91. The largest absolute Gasteiger partial charge is 0.309 e. The van der Waals surface area contributed by atoms with Gasteiger partial charge in [0.05, 0.1) is 17.2 Å². The molecule has 0 amide bonds. The lowest BCUT2D eigenvalue weighted by molar-refractivity contribution is 0.268. The Morgan fingerprint density at radius 2 is 2.13 bits per heavy atom. The molecular formula is C17H22N4OS. The summed E-state index contributed by atoms with van der Waals surface area (Å²) in [6.07, 6.45) is 9.40. The summed E-state index contributed by atoms with van der Waals surface area (Å²) < 4.78 is 1.77. The first-order valence-corrected chi connectivity index (χ1v) is 9.40. The van der Waals surface area contributed by atoms with Gasteiger partial charge in [-0.2, -0.15) is 5.10 Å². The van der Waals surface area contributed by atoms with Crippen molar-refractivity contribution in [3.05, 3.63) is 44.3 Å². The highest BCUT2D eigenvalue weighted by molar-refractivity contribution is 7.09. The first kappa shape index (κ1) is 15.0. The third-order valence-corrected chi connectivity index (χ3v) is 5.85. The van der Waals surface area contributed by atoms with Crippen LogP contribution >= 0.6 is 11.3 Å². The number of nitrogens with zero attached hydrogens (tertiary/aromatic N) is 3. The van der Waals surface area contributed by atoms with Gasteiger partial charge in [-0.15, -0.1) is 11.3 Å². The van der Waals surface area contributed by atoms with E-state index in [4.69, 9.17) is 0 Å². The van der Waals surface area contributed by atoms with Gasteiger partial charge >= 0.3 is 0 Å². The van der Waals surface area contributed by atoms with Crippen molar-refractivity contribution >= 4 is 11.3 Å². The predicted molar refractivity (Wildman–Crippen MR) is 90.8 cm³/mol. The molecule has 1 saturated carbocycles. The van der Waals surface area contributed by atoms with Crippen LogP contribution in [0.1, 0.15) is 54.3 Å². The minimum atomic E-state index is 0.0896. The number of hydrogen-bond acceptors (Lipinski definition) is 5. The van der Waals surface area contributed by atoms with Crippen molar-refractivity contribution in [1.82, 2.24) is 20.1 Å². The highest BCUT2D eigenvalue weighted by Crippen LogP contribution is 2.28. The van der Waals surface area contributed by atoms with Crippen molar-refractivity contribution in [3.63, 3.8) is 0 Å². The molecule has 23 heavy (non-hydrogen) atoms. The fourth-order valence-corrected chi connectivity index (χ4v) is 4.32. The first-order valence-electron chi connectivity index (χ1n) is 8.52. The van der Waals surface area contributed by atoms with E-state index in [2.05, 4.69) is 15.4 Å². The van der Waals surface area contributed by atoms with Gasteiger partial charge in [0.25, 0.3) is 5.56 Å². The van der Waals surface area contributed by atoms with E-state index in [1.54, 1.807) is 16.0 Å². The Morgan fingerprint density at radius 3 is 2.91 bits per heavy atom. The van der Waals surface area contributed by atoms with Gasteiger partial charge in [0.2, 0.25) is 0 Å².